The zero-order chi connectivity index (χ0) is 15.2. The number of aryl methyl sites for hydroxylation is 1. The average molecular weight is 291 g/mol. The van der Waals surface area contributed by atoms with Crippen LogP contribution in [0.5, 0.6) is 5.75 Å². The van der Waals surface area contributed by atoms with Crippen molar-refractivity contribution in [1.82, 2.24) is 10.2 Å². The molecule has 0 radical (unpaired) electrons. The number of ether oxygens (including phenoxy) is 1. The largest absolute Gasteiger partial charge is 0.481 e. The van der Waals surface area contributed by atoms with E-state index in [9.17, 15) is 9.18 Å². The predicted molar refractivity (Wildman–Crippen MR) is 77.7 cm³/mol. The number of benzene rings is 1. The Balaban J connectivity index is 1.92. The van der Waals surface area contributed by atoms with E-state index in [0.717, 1.165) is 18.5 Å². The van der Waals surface area contributed by atoms with Gasteiger partial charge in [0.05, 0.1) is 0 Å². The van der Waals surface area contributed by atoms with Gasteiger partial charge in [-0.25, -0.2) is 4.39 Å². The topological polar surface area (TPSA) is 67.0 Å². The molecular formula is C15H18FN3O2. The van der Waals surface area contributed by atoms with E-state index in [-0.39, 0.29) is 5.91 Å². The molecular weight excluding hydrogens is 273 g/mol. The Morgan fingerprint density at radius 3 is 3.00 bits per heavy atom. The van der Waals surface area contributed by atoms with E-state index in [1.165, 1.54) is 18.2 Å². The third-order valence-corrected chi connectivity index (χ3v) is 2.88. The maximum Gasteiger partial charge on any atom is 0.266 e. The summed E-state index contributed by atoms with van der Waals surface area (Å²) < 4.78 is 18.4. The molecule has 1 aromatic carbocycles. The third kappa shape index (κ3) is 4.30. The SMILES string of the molecule is CCCc1cc(NC(=O)C(C)Oc2cccc(F)c2)n[nH]1. The third-order valence-electron chi connectivity index (χ3n) is 2.88. The van der Waals surface area contributed by atoms with E-state index in [4.69, 9.17) is 4.74 Å². The Morgan fingerprint density at radius 2 is 2.29 bits per heavy atom. The molecule has 6 heteroatoms. The summed E-state index contributed by atoms with van der Waals surface area (Å²) >= 11 is 0. The molecule has 2 aromatic rings. The van der Waals surface area contributed by atoms with Crippen molar-refractivity contribution >= 4 is 11.7 Å². The van der Waals surface area contributed by atoms with Crippen LogP contribution in [0.2, 0.25) is 0 Å². The van der Waals surface area contributed by atoms with Crippen LogP contribution in [0.4, 0.5) is 10.2 Å². The molecule has 0 spiro atoms. The lowest BCUT2D eigenvalue weighted by atomic mass is 10.2. The highest BCUT2D eigenvalue weighted by atomic mass is 19.1. The molecule has 1 amide bonds. The molecule has 0 fully saturated rings. The van der Waals surface area contributed by atoms with Crippen LogP contribution in [0.25, 0.3) is 0 Å². The van der Waals surface area contributed by atoms with Crippen molar-refractivity contribution in [2.75, 3.05) is 5.32 Å². The minimum absolute atomic E-state index is 0.311. The first-order chi connectivity index (χ1) is 10.1. The molecule has 0 aliphatic carbocycles. The molecule has 2 N–H and O–H groups in total. The summed E-state index contributed by atoms with van der Waals surface area (Å²) in [5.74, 6) is 0.0231. The molecule has 5 nitrogen and oxygen atoms in total. The zero-order valence-electron chi connectivity index (χ0n) is 12.0. The number of H-pyrrole nitrogens is 1. The van der Waals surface area contributed by atoms with Gasteiger partial charge in [-0.1, -0.05) is 19.4 Å². The van der Waals surface area contributed by atoms with E-state index in [0.29, 0.717) is 11.6 Å². The Kier molecular flexibility index (Phi) is 4.92. The standard InChI is InChI=1S/C15H18FN3O2/c1-3-5-12-9-14(19-18-12)17-15(20)10(2)21-13-7-4-6-11(16)8-13/h4,6-10H,3,5H2,1-2H3,(H2,17,18,19,20). The number of aromatic amines is 1. The van der Waals surface area contributed by atoms with Crippen molar-refractivity contribution in [2.24, 2.45) is 0 Å². The molecule has 2 rings (SSSR count). The number of rotatable bonds is 6. The van der Waals surface area contributed by atoms with Gasteiger partial charge in [-0.05, 0) is 25.5 Å². The minimum Gasteiger partial charge on any atom is -0.481 e. The number of halogens is 1. The van der Waals surface area contributed by atoms with Gasteiger partial charge >= 0.3 is 0 Å². The highest BCUT2D eigenvalue weighted by Crippen LogP contribution is 2.15. The fourth-order valence-electron chi connectivity index (χ4n) is 1.85. The average Bonchev–Trinajstić information content (AvgIpc) is 2.86. The van der Waals surface area contributed by atoms with Crippen LogP contribution in [0.1, 0.15) is 26.0 Å². The maximum atomic E-state index is 13.0. The van der Waals surface area contributed by atoms with Crippen LogP contribution in [-0.2, 0) is 11.2 Å². The van der Waals surface area contributed by atoms with E-state index in [2.05, 4.69) is 22.4 Å². The van der Waals surface area contributed by atoms with Crippen LogP contribution >= 0.6 is 0 Å². The number of hydrogen-bond donors (Lipinski definition) is 2. The van der Waals surface area contributed by atoms with E-state index in [1.54, 1.807) is 19.1 Å². The molecule has 0 aliphatic heterocycles. The van der Waals surface area contributed by atoms with Crippen LogP contribution in [0, 0.1) is 5.82 Å². The Hall–Kier alpha value is -2.37. The number of hydrogen-bond acceptors (Lipinski definition) is 3. The van der Waals surface area contributed by atoms with Gasteiger partial charge < -0.3 is 10.1 Å². The first-order valence-electron chi connectivity index (χ1n) is 6.86. The lowest BCUT2D eigenvalue weighted by Crippen LogP contribution is -2.30. The quantitative estimate of drug-likeness (QED) is 0.860. The summed E-state index contributed by atoms with van der Waals surface area (Å²) in [5, 5.41) is 9.51. The summed E-state index contributed by atoms with van der Waals surface area (Å²) in [6.45, 7) is 3.66. The van der Waals surface area contributed by atoms with Crippen molar-refractivity contribution in [3.05, 3.63) is 41.8 Å². The van der Waals surface area contributed by atoms with E-state index in [1.807, 2.05) is 0 Å². The summed E-state index contributed by atoms with van der Waals surface area (Å²) in [6, 6.07) is 7.46. The second kappa shape index (κ2) is 6.88. The van der Waals surface area contributed by atoms with Crippen molar-refractivity contribution in [1.29, 1.82) is 0 Å². The van der Waals surface area contributed by atoms with Crippen LogP contribution in [0.15, 0.2) is 30.3 Å². The van der Waals surface area contributed by atoms with Gasteiger partial charge in [-0.15, -0.1) is 0 Å². The van der Waals surface area contributed by atoms with Crippen molar-refractivity contribution in [3.8, 4) is 5.75 Å². The fraction of sp³-hybridized carbons (Fsp3) is 0.333. The van der Waals surface area contributed by atoms with Gasteiger partial charge in [-0.3, -0.25) is 9.89 Å². The minimum atomic E-state index is -0.752. The lowest BCUT2D eigenvalue weighted by molar-refractivity contribution is -0.122. The second-order valence-corrected chi connectivity index (χ2v) is 4.74. The molecule has 1 aromatic heterocycles. The van der Waals surface area contributed by atoms with Gasteiger partial charge in [0.2, 0.25) is 0 Å². The van der Waals surface area contributed by atoms with Gasteiger partial charge in [0.1, 0.15) is 11.6 Å². The van der Waals surface area contributed by atoms with Crippen LogP contribution in [-0.4, -0.2) is 22.2 Å². The van der Waals surface area contributed by atoms with Crippen LogP contribution in [0.3, 0.4) is 0 Å². The Morgan fingerprint density at radius 1 is 1.48 bits per heavy atom. The molecule has 0 bridgehead atoms. The molecule has 1 unspecified atom stereocenters. The predicted octanol–water partition coefficient (Wildman–Crippen LogP) is 2.91. The van der Waals surface area contributed by atoms with Crippen molar-refractivity contribution < 1.29 is 13.9 Å². The normalized spacial score (nSPS) is 12.0. The number of carbonyl (C=O) groups is 1. The second-order valence-electron chi connectivity index (χ2n) is 4.74. The number of nitrogens with zero attached hydrogens (tertiary/aromatic N) is 1. The molecule has 1 heterocycles. The van der Waals surface area contributed by atoms with Crippen molar-refractivity contribution in [3.63, 3.8) is 0 Å². The Bertz CT molecular complexity index is 612. The van der Waals surface area contributed by atoms with Gasteiger partial charge in [0, 0.05) is 17.8 Å². The maximum absolute atomic E-state index is 13.0. The fourth-order valence-corrected chi connectivity index (χ4v) is 1.85. The smallest absolute Gasteiger partial charge is 0.266 e. The summed E-state index contributed by atoms with van der Waals surface area (Å²) in [5.41, 5.74) is 0.964. The molecule has 0 saturated carbocycles. The van der Waals surface area contributed by atoms with Crippen LogP contribution < -0.4 is 10.1 Å². The first kappa shape index (κ1) is 15.0. The van der Waals surface area contributed by atoms with Crippen molar-refractivity contribution in [2.45, 2.75) is 32.8 Å². The summed E-state index contributed by atoms with van der Waals surface area (Å²) in [7, 11) is 0. The number of nitrogens with one attached hydrogen (secondary N) is 2. The lowest BCUT2D eigenvalue weighted by Gasteiger charge is -2.13. The van der Waals surface area contributed by atoms with Gasteiger partial charge in [0.15, 0.2) is 11.9 Å². The first-order valence-corrected chi connectivity index (χ1v) is 6.86. The summed E-state index contributed by atoms with van der Waals surface area (Å²) in [4.78, 5) is 12.0. The monoisotopic (exact) mass is 291 g/mol. The van der Waals surface area contributed by atoms with Gasteiger partial charge in [-0.2, -0.15) is 5.10 Å². The van der Waals surface area contributed by atoms with E-state index < -0.39 is 11.9 Å². The number of amides is 1. The van der Waals surface area contributed by atoms with E-state index >= 15 is 0 Å². The highest BCUT2D eigenvalue weighted by Gasteiger charge is 2.16. The number of anilines is 1. The molecule has 1 atom stereocenters. The number of carbonyl (C=O) groups excluding carboxylic acids is 1. The number of aromatic nitrogens is 2. The molecule has 0 saturated heterocycles. The summed E-state index contributed by atoms with van der Waals surface area (Å²) in [6.07, 6.45) is 1.12. The molecule has 0 aliphatic rings. The highest BCUT2D eigenvalue weighted by molar-refractivity contribution is 5.93. The Labute approximate surface area is 122 Å². The molecule has 21 heavy (non-hydrogen) atoms. The zero-order valence-corrected chi connectivity index (χ0v) is 12.0. The van der Waals surface area contributed by atoms with Gasteiger partial charge in [0.25, 0.3) is 5.91 Å². The molecule has 112 valence electrons.